The van der Waals surface area contributed by atoms with Crippen molar-refractivity contribution in [1.82, 2.24) is 15.5 Å². The van der Waals surface area contributed by atoms with E-state index >= 15 is 0 Å². The van der Waals surface area contributed by atoms with Crippen molar-refractivity contribution >= 4 is 35.8 Å². The van der Waals surface area contributed by atoms with Gasteiger partial charge in [0.1, 0.15) is 11.6 Å². The molecule has 0 aromatic heterocycles. The number of hydrogen-bond acceptors (Lipinski definition) is 3. The average Bonchev–Trinajstić information content (AvgIpc) is 2.70. The highest BCUT2D eigenvalue weighted by molar-refractivity contribution is 14.0. The summed E-state index contributed by atoms with van der Waals surface area (Å²) < 4.78 is 43.6. The number of aliphatic imine (C=N–C) groups is 1. The van der Waals surface area contributed by atoms with Crippen molar-refractivity contribution in [1.29, 1.82) is 0 Å². The van der Waals surface area contributed by atoms with Gasteiger partial charge in [0.25, 0.3) is 5.91 Å². The number of nitrogens with zero attached hydrogens (tertiary/aromatic N) is 2. The number of amides is 1. The summed E-state index contributed by atoms with van der Waals surface area (Å²) >= 11 is 0. The van der Waals surface area contributed by atoms with Crippen LogP contribution in [0.15, 0.2) is 47.5 Å². The molecule has 0 heterocycles. The van der Waals surface area contributed by atoms with E-state index in [0.717, 1.165) is 5.56 Å². The van der Waals surface area contributed by atoms with Crippen LogP contribution in [-0.2, 0) is 13.1 Å². The predicted octanol–water partition coefficient (Wildman–Crippen LogP) is 4.00. The number of carbonyl (C=O) groups excluding carboxylic acids is 1. The largest absolute Gasteiger partial charge is 0.434 e. The summed E-state index contributed by atoms with van der Waals surface area (Å²) in [6, 6.07) is 10.8. The lowest BCUT2D eigenvalue weighted by Gasteiger charge is -2.15. The predicted molar refractivity (Wildman–Crippen MR) is 125 cm³/mol. The maximum atomic E-state index is 14.1. The number of nitrogens with one attached hydrogen (secondary N) is 2. The fraction of sp³-hybridized carbons (Fsp3) is 0.333. The van der Waals surface area contributed by atoms with Crippen LogP contribution in [0.2, 0.25) is 0 Å². The molecular formula is C21H26F3IN4O2. The Bertz CT molecular complexity index is 877. The number of ether oxygens (including phenoxy) is 1. The average molecular weight is 550 g/mol. The Labute approximate surface area is 196 Å². The van der Waals surface area contributed by atoms with E-state index in [1.807, 2.05) is 6.92 Å². The fourth-order valence-corrected chi connectivity index (χ4v) is 2.61. The van der Waals surface area contributed by atoms with Crippen LogP contribution in [0.5, 0.6) is 5.75 Å². The molecule has 0 saturated carbocycles. The third-order valence-electron chi connectivity index (χ3n) is 4.10. The summed E-state index contributed by atoms with van der Waals surface area (Å²) in [4.78, 5) is 17.9. The molecule has 2 aromatic carbocycles. The zero-order valence-corrected chi connectivity index (χ0v) is 19.8. The molecule has 0 atom stereocenters. The Hall–Kier alpha value is -2.50. The van der Waals surface area contributed by atoms with E-state index in [2.05, 4.69) is 20.4 Å². The normalized spacial score (nSPS) is 11.0. The molecular weight excluding hydrogens is 524 g/mol. The molecule has 2 N–H and O–H groups in total. The first-order valence-electron chi connectivity index (χ1n) is 9.36. The third-order valence-corrected chi connectivity index (χ3v) is 4.10. The number of halogens is 4. The number of benzene rings is 2. The van der Waals surface area contributed by atoms with Crippen molar-refractivity contribution < 1.29 is 22.7 Å². The van der Waals surface area contributed by atoms with E-state index in [1.54, 1.807) is 38.4 Å². The lowest BCUT2D eigenvalue weighted by Crippen LogP contribution is -2.37. The molecule has 2 aromatic rings. The van der Waals surface area contributed by atoms with Gasteiger partial charge in [-0.1, -0.05) is 18.2 Å². The molecule has 0 spiro atoms. The third kappa shape index (κ3) is 8.27. The van der Waals surface area contributed by atoms with E-state index in [4.69, 9.17) is 0 Å². The zero-order chi connectivity index (χ0) is 22.1. The van der Waals surface area contributed by atoms with Gasteiger partial charge in [0.2, 0.25) is 0 Å². The van der Waals surface area contributed by atoms with Crippen LogP contribution in [0.3, 0.4) is 0 Å². The van der Waals surface area contributed by atoms with E-state index in [9.17, 15) is 18.0 Å². The van der Waals surface area contributed by atoms with Gasteiger partial charge in [-0.05, 0) is 36.8 Å². The van der Waals surface area contributed by atoms with Crippen LogP contribution in [0.25, 0.3) is 0 Å². The minimum atomic E-state index is -3.05. The van der Waals surface area contributed by atoms with Crippen molar-refractivity contribution in [2.24, 2.45) is 4.99 Å². The van der Waals surface area contributed by atoms with Crippen LogP contribution in [0.1, 0.15) is 28.4 Å². The van der Waals surface area contributed by atoms with Gasteiger partial charge in [-0.25, -0.2) is 9.38 Å². The maximum Gasteiger partial charge on any atom is 0.387 e. The van der Waals surface area contributed by atoms with Gasteiger partial charge in [0.05, 0.1) is 6.54 Å². The van der Waals surface area contributed by atoms with Gasteiger partial charge in [-0.2, -0.15) is 8.78 Å². The molecule has 0 unspecified atom stereocenters. The van der Waals surface area contributed by atoms with Gasteiger partial charge in [0, 0.05) is 38.3 Å². The highest BCUT2D eigenvalue weighted by Crippen LogP contribution is 2.23. The lowest BCUT2D eigenvalue weighted by molar-refractivity contribution is -0.0506. The molecule has 170 valence electrons. The second-order valence-corrected chi connectivity index (χ2v) is 6.54. The van der Waals surface area contributed by atoms with Crippen LogP contribution < -0.4 is 15.4 Å². The molecule has 0 bridgehead atoms. The highest BCUT2D eigenvalue weighted by Gasteiger charge is 2.14. The summed E-state index contributed by atoms with van der Waals surface area (Å²) in [5.74, 6) is -0.587. The summed E-state index contributed by atoms with van der Waals surface area (Å²) in [7, 11) is 3.37. The van der Waals surface area contributed by atoms with E-state index in [-0.39, 0.29) is 47.7 Å². The van der Waals surface area contributed by atoms with Gasteiger partial charge in [0.15, 0.2) is 5.96 Å². The molecule has 0 aliphatic rings. The Morgan fingerprint density at radius 3 is 2.39 bits per heavy atom. The molecule has 0 radical (unpaired) electrons. The first-order valence-corrected chi connectivity index (χ1v) is 9.36. The van der Waals surface area contributed by atoms with Crippen LogP contribution in [-0.4, -0.2) is 44.0 Å². The standard InChI is InChI=1S/C21H25F3N4O2.HI/c1-4-25-21(26-12-14-8-10-15(11-9-14)19(29)28(2)3)27-13-16-17(22)6-5-7-18(16)30-20(23)24;/h5-11,20H,4,12-13H2,1-3H3,(H2,25,26,27);1H. The van der Waals surface area contributed by atoms with Gasteiger partial charge in [-0.15, -0.1) is 24.0 Å². The van der Waals surface area contributed by atoms with Crippen molar-refractivity contribution in [2.45, 2.75) is 26.6 Å². The quantitative estimate of drug-likeness (QED) is 0.297. The molecule has 10 heteroatoms. The lowest BCUT2D eigenvalue weighted by atomic mass is 10.1. The molecule has 0 fully saturated rings. The van der Waals surface area contributed by atoms with Crippen molar-refractivity contribution in [3.8, 4) is 5.75 Å². The summed E-state index contributed by atoms with van der Waals surface area (Å²) in [6.07, 6.45) is 0. The highest BCUT2D eigenvalue weighted by atomic mass is 127. The van der Waals surface area contributed by atoms with Gasteiger partial charge in [-0.3, -0.25) is 4.79 Å². The van der Waals surface area contributed by atoms with E-state index in [0.29, 0.717) is 24.6 Å². The Balaban J connectivity index is 0.00000480. The second-order valence-electron chi connectivity index (χ2n) is 6.54. The molecule has 6 nitrogen and oxygen atoms in total. The van der Waals surface area contributed by atoms with Gasteiger partial charge < -0.3 is 20.3 Å². The Kier molecular flexibility index (Phi) is 11.2. The molecule has 31 heavy (non-hydrogen) atoms. The molecule has 0 saturated heterocycles. The SMILES string of the molecule is CCNC(=NCc1ccc(C(=O)N(C)C)cc1)NCc1c(F)cccc1OC(F)F.I. The molecule has 1 amide bonds. The Morgan fingerprint density at radius 1 is 1.13 bits per heavy atom. The number of rotatable bonds is 8. The van der Waals surface area contributed by atoms with Crippen molar-refractivity contribution in [2.75, 3.05) is 20.6 Å². The van der Waals surface area contributed by atoms with Crippen molar-refractivity contribution in [3.05, 3.63) is 65.0 Å². The monoisotopic (exact) mass is 550 g/mol. The summed E-state index contributed by atoms with van der Waals surface area (Å²) in [5.41, 5.74) is 1.42. The number of alkyl halides is 2. The van der Waals surface area contributed by atoms with Crippen LogP contribution in [0, 0.1) is 5.82 Å². The topological polar surface area (TPSA) is 66.0 Å². The minimum absolute atomic E-state index is 0. The van der Waals surface area contributed by atoms with E-state index in [1.165, 1.54) is 23.1 Å². The zero-order valence-electron chi connectivity index (χ0n) is 17.5. The first kappa shape index (κ1) is 26.5. The molecule has 0 aliphatic heterocycles. The molecule has 2 rings (SSSR count). The fourth-order valence-electron chi connectivity index (χ4n) is 2.61. The van der Waals surface area contributed by atoms with E-state index < -0.39 is 12.4 Å². The van der Waals surface area contributed by atoms with Crippen LogP contribution >= 0.6 is 24.0 Å². The summed E-state index contributed by atoms with van der Waals surface area (Å²) in [6.45, 7) is -0.400. The maximum absolute atomic E-state index is 14.1. The number of guanidine groups is 1. The second kappa shape index (κ2) is 13.0. The van der Waals surface area contributed by atoms with Gasteiger partial charge >= 0.3 is 6.61 Å². The molecule has 0 aliphatic carbocycles. The van der Waals surface area contributed by atoms with Crippen LogP contribution in [0.4, 0.5) is 13.2 Å². The Morgan fingerprint density at radius 2 is 1.81 bits per heavy atom. The number of carbonyl (C=O) groups is 1. The minimum Gasteiger partial charge on any atom is -0.434 e. The van der Waals surface area contributed by atoms with Crippen molar-refractivity contribution in [3.63, 3.8) is 0 Å². The first-order chi connectivity index (χ1) is 14.3. The smallest absolute Gasteiger partial charge is 0.387 e. The number of hydrogen-bond donors (Lipinski definition) is 2. The summed E-state index contributed by atoms with van der Waals surface area (Å²) in [5, 5.41) is 5.93.